The van der Waals surface area contributed by atoms with Gasteiger partial charge in [-0.05, 0) is 25.5 Å². The Morgan fingerprint density at radius 2 is 2.17 bits per heavy atom. The van der Waals surface area contributed by atoms with Crippen molar-refractivity contribution in [2.75, 3.05) is 0 Å². The predicted molar refractivity (Wildman–Crippen MR) is 46.3 cm³/mol. The van der Waals surface area contributed by atoms with Gasteiger partial charge in [0.15, 0.2) is 0 Å². The highest BCUT2D eigenvalue weighted by Gasteiger charge is 2.05. The maximum atomic E-state index is 10.3. The van der Waals surface area contributed by atoms with Crippen molar-refractivity contribution in [3.63, 3.8) is 0 Å². The number of aliphatic hydroxyl groups excluding tert-OH is 1. The molecule has 0 aliphatic carbocycles. The van der Waals surface area contributed by atoms with Crippen LogP contribution in [0.5, 0.6) is 0 Å². The quantitative estimate of drug-likeness (QED) is 0.305. The molecule has 0 atom stereocenters. The fourth-order valence-corrected chi connectivity index (χ4v) is 0.547. The summed E-state index contributed by atoms with van der Waals surface area (Å²) in [5.41, 5.74) is 0.336. The molecule has 0 radical (unpaired) electrons. The van der Waals surface area contributed by atoms with Crippen molar-refractivity contribution >= 4 is 0 Å². The average Bonchev–Trinajstić information content (AvgIpc) is 1.98. The normalized spacial score (nSPS) is 12.8. The number of hydrogen-bond acceptors (Lipinski definition) is 3. The third kappa shape index (κ3) is 3.01. The molecule has 12 heavy (non-hydrogen) atoms. The average molecular weight is 169 g/mol. The van der Waals surface area contributed by atoms with E-state index < -0.39 is 4.92 Å². The summed E-state index contributed by atoms with van der Waals surface area (Å²) in [5.74, 6) is -0.156. The molecule has 0 aliphatic rings. The number of aliphatic hydroxyl groups is 1. The van der Waals surface area contributed by atoms with Gasteiger partial charge >= 0.3 is 0 Å². The van der Waals surface area contributed by atoms with Crippen LogP contribution >= 0.6 is 0 Å². The number of hydrogen-bond donors (Lipinski definition) is 1. The van der Waals surface area contributed by atoms with Gasteiger partial charge < -0.3 is 5.11 Å². The van der Waals surface area contributed by atoms with E-state index in [9.17, 15) is 10.1 Å². The molecular formula is C8H11NO3. The van der Waals surface area contributed by atoms with Crippen LogP contribution in [0.1, 0.15) is 13.8 Å². The SMILES string of the molecule is C=C(O)/C(C)=C\C(=C/C)[N+](=O)[O-]. The highest BCUT2D eigenvalue weighted by Crippen LogP contribution is 2.07. The van der Waals surface area contributed by atoms with Crippen LogP contribution in [0.25, 0.3) is 0 Å². The molecule has 0 saturated carbocycles. The Kier molecular flexibility index (Phi) is 3.76. The highest BCUT2D eigenvalue weighted by atomic mass is 16.6. The van der Waals surface area contributed by atoms with E-state index in [-0.39, 0.29) is 11.5 Å². The van der Waals surface area contributed by atoms with Crippen molar-refractivity contribution in [2.24, 2.45) is 0 Å². The number of allylic oxidation sites excluding steroid dienone is 3. The molecule has 0 amide bonds. The zero-order valence-corrected chi connectivity index (χ0v) is 7.07. The van der Waals surface area contributed by atoms with E-state index in [1.807, 2.05) is 0 Å². The smallest absolute Gasteiger partial charge is 0.265 e. The van der Waals surface area contributed by atoms with Gasteiger partial charge in [0.1, 0.15) is 5.76 Å². The lowest BCUT2D eigenvalue weighted by molar-refractivity contribution is -0.419. The molecule has 1 N–H and O–H groups in total. The summed E-state index contributed by atoms with van der Waals surface area (Å²) in [6.45, 7) is 6.35. The molecule has 0 aromatic rings. The molecule has 0 unspecified atom stereocenters. The van der Waals surface area contributed by atoms with Crippen molar-refractivity contribution in [2.45, 2.75) is 13.8 Å². The third-order valence-corrected chi connectivity index (χ3v) is 1.33. The van der Waals surface area contributed by atoms with Crippen molar-refractivity contribution in [3.05, 3.63) is 45.9 Å². The van der Waals surface area contributed by atoms with Crippen LogP contribution in [0.15, 0.2) is 35.8 Å². The van der Waals surface area contributed by atoms with Crippen molar-refractivity contribution in [3.8, 4) is 0 Å². The van der Waals surface area contributed by atoms with Crippen LogP contribution in [0.2, 0.25) is 0 Å². The fourth-order valence-electron chi connectivity index (χ4n) is 0.547. The molecule has 0 aromatic heterocycles. The van der Waals surface area contributed by atoms with E-state index in [0.29, 0.717) is 5.57 Å². The van der Waals surface area contributed by atoms with E-state index in [0.717, 1.165) is 0 Å². The maximum Gasteiger partial charge on any atom is 0.265 e. The summed E-state index contributed by atoms with van der Waals surface area (Å²) in [4.78, 5) is 9.75. The summed E-state index contributed by atoms with van der Waals surface area (Å²) in [7, 11) is 0. The molecule has 0 rings (SSSR count). The zero-order valence-electron chi connectivity index (χ0n) is 7.07. The van der Waals surface area contributed by atoms with Gasteiger partial charge in [-0.3, -0.25) is 10.1 Å². The molecule has 0 heterocycles. The van der Waals surface area contributed by atoms with Crippen molar-refractivity contribution in [1.82, 2.24) is 0 Å². The van der Waals surface area contributed by atoms with Crippen LogP contribution in [0, 0.1) is 10.1 Å². The predicted octanol–water partition coefficient (Wildman–Crippen LogP) is 2.18. The summed E-state index contributed by atoms with van der Waals surface area (Å²) >= 11 is 0. The Balaban J connectivity index is 4.72. The number of nitro groups is 1. The Morgan fingerprint density at radius 3 is 2.42 bits per heavy atom. The standard InChI is InChI=1S/C8H11NO3/c1-4-8(9(11)12)5-6(2)7(3)10/h4-5,10H,3H2,1-2H3/b6-5-,8-4+. The molecule has 0 aromatic carbocycles. The summed E-state index contributed by atoms with van der Waals surface area (Å²) in [5, 5.41) is 19.1. The van der Waals surface area contributed by atoms with Gasteiger partial charge in [-0.15, -0.1) is 0 Å². The van der Waals surface area contributed by atoms with E-state index >= 15 is 0 Å². The zero-order chi connectivity index (χ0) is 9.72. The highest BCUT2D eigenvalue weighted by molar-refractivity contribution is 5.26. The minimum Gasteiger partial charge on any atom is -0.508 e. The Labute approximate surface area is 70.7 Å². The molecule has 66 valence electrons. The van der Waals surface area contributed by atoms with Gasteiger partial charge in [-0.1, -0.05) is 6.58 Å². The molecule has 0 fully saturated rings. The second-order valence-electron chi connectivity index (χ2n) is 2.24. The summed E-state index contributed by atoms with van der Waals surface area (Å²) in [6, 6.07) is 0. The Bertz CT molecular complexity index is 263. The third-order valence-electron chi connectivity index (χ3n) is 1.33. The van der Waals surface area contributed by atoms with Crippen molar-refractivity contribution in [1.29, 1.82) is 0 Å². The van der Waals surface area contributed by atoms with Gasteiger partial charge in [0.05, 0.1) is 4.92 Å². The van der Waals surface area contributed by atoms with Crippen LogP contribution in [0.4, 0.5) is 0 Å². The first-order valence-corrected chi connectivity index (χ1v) is 3.36. The topological polar surface area (TPSA) is 63.4 Å². The lowest BCUT2D eigenvalue weighted by Crippen LogP contribution is -1.96. The molecule has 4 heteroatoms. The van der Waals surface area contributed by atoms with Crippen LogP contribution in [-0.4, -0.2) is 10.0 Å². The Hall–Kier alpha value is -1.58. The lowest BCUT2D eigenvalue weighted by atomic mass is 10.2. The lowest BCUT2D eigenvalue weighted by Gasteiger charge is -1.95. The summed E-state index contributed by atoms with van der Waals surface area (Å²) < 4.78 is 0. The molecular weight excluding hydrogens is 158 g/mol. The number of rotatable bonds is 3. The molecule has 0 spiro atoms. The van der Waals surface area contributed by atoms with E-state index in [1.165, 1.54) is 12.2 Å². The van der Waals surface area contributed by atoms with Crippen molar-refractivity contribution < 1.29 is 10.0 Å². The second kappa shape index (κ2) is 4.33. The van der Waals surface area contributed by atoms with Gasteiger partial charge in [-0.25, -0.2) is 0 Å². The van der Waals surface area contributed by atoms with E-state index in [1.54, 1.807) is 13.8 Å². The monoisotopic (exact) mass is 169 g/mol. The maximum absolute atomic E-state index is 10.3. The minimum atomic E-state index is -0.521. The number of nitrogens with zero attached hydrogens (tertiary/aromatic N) is 1. The largest absolute Gasteiger partial charge is 0.508 e. The molecule has 0 bridgehead atoms. The second-order valence-corrected chi connectivity index (χ2v) is 2.24. The molecule has 4 nitrogen and oxygen atoms in total. The molecule has 0 aliphatic heterocycles. The van der Waals surface area contributed by atoms with Gasteiger partial charge in [0, 0.05) is 6.08 Å². The Morgan fingerprint density at radius 1 is 1.67 bits per heavy atom. The van der Waals surface area contributed by atoms with Crippen LogP contribution in [-0.2, 0) is 0 Å². The van der Waals surface area contributed by atoms with Crippen LogP contribution < -0.4 is 0 Å². The first-order valence-electron chi connectivity index (χ1n) is 3.36. The van der Waals surface area contributed by atoms with Gasteiger partial charge in [0.2, 0.25) is 0 Å². The van der Waals surface area contributed by atoms with E-state index in [4.69, 9.17) is 5.11 Å². The molecule has 0 saturated heterocycles. The van der Waals surface area contributed by atoms with Gasteiger partial charge in [0.25, 0.3) is 5.70 Å². The fraction of sp³-hybridized carbons (Fsp3) is 0.250. The first kappa shape index (κ1) is 10.4. The summed E-state index contributed by atoms with van der Waals surface area (Å²) in [6.07, 6.45) is 2.62. The minimum absolute atomic E-state index is 0.0531. The van der Waals surface area contributed by atoms with Gasteiger partial charge in [-0.2, -0.15) is 0 Å². The van der Waals surface area contributed by atoms with Crippen LogP contribution in [0.3, 0.4) is 0 Å². The first-order chi connectivity index (χ1) is 5.49. The van der Waals surface area contributed by atoms with E-state index in [2.05, 4.69) is 6.58 Å².